The normalized spacial score (nSPS) is 12.0. The molecule has 6 aromatic rings. The van der Waals surface area contributed by atoms with E-state index in [4.69, 9.17) is 8.75 Å². The zero-order valence-corrected chi connectivity index (χ0v) is 33.0. The van der Waals surface area contributed by atoms with Crippen LogP contribution in [0.15, 0.2) is 60.7 Å². The number of hydrogen-bond acceptors (Lipinski definition) is 7. The highest BCUT2D eigenvalue weighted by atomic mass is 32.1. The Morgan fingerprint density at radius 3 is 1.27 bits per heavy atom. The summed E-state index contributed by atoms with van der Waals surface area (Å²) in [5.41, 5.74) is 4.33. The SMILES string of the molecule is CCCCCCCCc1ccc(C=Cc2ccc(-c3ccc(-c4ccc(C=Cc5ccc(CCCCCCCC)s5)s4)c4nsnc34)s2)s1. The Morgan fingerprint density at radius 1 is 0.429 bits per heavy atom. The summed E-state index contributed by atoms with van der Waals surface area (Å²) in [6, 6.07) is 22.5. The number of nitrogens with zero attached hydrogens (tertiary/aromatic N) is 2. The van der Waals surface area contributed by atoms with Crippen molar-refractivity contribution in [3.8, 4) is 20.9 Å². The van der Waals surface area contributed by atoms with Crippen LogP contribution in [-0.4, -0.2) is 8.75 Å². The molecular formula is C42H48N2S5. The van der Waals surface area contributed by atoms with Gasteiger partial charge in [-0.15, -0.1) is 45.3 Å². The van der Waals surface area contributed by atoms with E-state index in [0.29, 0.717) is 0 Å². The van der Waals surface area contributed by atoms with Crippen molar-refractivity contribution in [1.82, 2.24) is 8.75 Å². The standard InChI is InChI=1S/C42H48N2S5/c1-3-5-7-9-11-13-15-31-17-19-33(45-31)21-23-35-25-29-39(47-35)37-27-28-38(42-41(37)43-49-44-42)40-30-26-36(48-40)24-22-34-20-18-32(46-34)16-14-12-10-8-6-4-2/h17-30H,3-16H2,1-2H3. The summed E-state index contributed by atoms with van der Waals surface area (Å²) < 4.78 is 9.54. The molecule has 0 N–H and O–H groups in total. The van der Waals surface area contributed by atoms with E-state index in [1.807, 2.05) is 45.3 Å². The molecule has 49 heavy (non-hydrogen) atoms. The van der Waals surface area contributed by atoms with Crippen LogP contribution in [0.1, 0.15) is 120 Å². The molecule has 5 aromatic heterocycles. The highest BCUT2D eigenvalue weighted by Crippen LogP contribution is 2.40. The van der Waals surface area contributed by atoms with Crippen LogP contribution >= 0.6 is 57.1 Å². The predicted molar refractivity (Wildman–Crippen MR) is 225 cm³/mol. The Bertz CT molecular complexity index is 1790. The zero-order valence-electron chi connectivity index (χ0n) is 28.9. The molecule has 0 amide bonds. The summed E-state index contributed by atoms with van der Waals surface area (Å²) in [6.07, 6.45) is 27.7. The number of rotatable bonds is 20. The van der Waals surface area contributed by atoms with Gasteiger partial charge in [0.1, 0.15) is 11.0 Å². The van der Waals surface area contributed by atoms with Crippen LogP contribution in [0.2, 0.25) is 0 Å². The Balaban J connectivity index is 1.05. The van der Waals surface area contributed by atoms with Gasteiger partial charge < -0.3 is 0 Å². The summed E-state index contributed by atoms with van der Waals surface area (Å²) in [7, 11) is 0. The highest BCUT2D eigenvalue weighted by molar-refractivity contribution is 7.17. The fraction of sp³-hybridized carbons (Fsp3) is 0.381. The Hall–Kier alpha value is -2.68. The molecule has 0 spiro atoms. The van der Waals surface area contributed by atoms with Gasteiger partial charge in [0.2, 0.25) is 0 Å². The van der Waals surface area contributed by atoms with Crippen LogP contribution in [-0.2, 0) is 12.8 Å². The molecule has 0 fully saturated rings. The molecule has 0 aliphatic rings. The van der Waals surface area contributed by atoms with Crippen molar-refractivity contribution in [3.63, 3.8) is 0 Å². The van der Waals surface area contributed by atoms with Gasteiger partial charge in [0.05, 0.1) is 11.7 Å². The lowest BCUT2D eigenvalue weighted by atomic mass is 10.1. The van der Waals surface area contributed by atoms with Crippen LogP contribution in [0.5, 0.6) is 0 Å². The number of benzene rings is 1. The van der Waals surface area contributed by atoms with Gasteiger partial charge in [-0.25, -0.2) is 0 Å². The first-order chi connectivity index (χ1) is 24.2. The van der Waals surface area contributed by atoms with Crippen molar-refractivity contribution >= 4 is 92.4 Å². The van der Waals surface area contributed by atoms with E-state index < -0.39 is 0 Å². The lowest BCUT2D eigenvalue weighted by Gasteiger charge is -2.03. The molecule has 0 saturated heterocycles. The minimum Gasteiger partial charge on any atom is -0.172 e. The first-order valence-corrected chi connectivity index (χ1v) is 22.2. The summed E-state index contributed by atoms with van der Waals surface area (Å²) in [5.74, 6) is 0. The molecule has 1 aromatic carbocycles. The number of fused-ring (bicyclic) bond motifs is 1. The Kier molecular flexibility index (Phi) is 14.1. The third-order valence-electron chi connectivity index (χ3n) is 8.94. The maximum atomic E-state index is 4.77. The van der Waals surface area contributed by atoms with Gasteiger partial charge in [-0.05, 0) is 98.5 Å². The summed E-state index contributed by atoms with van der Waals surface area (Å²) in [5, 5.41) is 0. The molecule has 0 bridgehead atoms. The second-order valence-corrected chi connectivity index (χ2v) is 18.0. The molecule has 0 aliphatic carbocycles. The molecule has 6 rings (SSSR count). The van der Waals surface area contributed by atoms with E-state index in [0.717, 1.165) is 11.0 Å². The smallest absolute Gasteiger partial charge is 0.114 e. The fourth-order valence-corrected chi connectivity index (χ4v) is 10.5. The third-order valence-corrected chi connectivity index (χ3v) is 13.9. The predicted octanol–water partition coefficient (Wildman–Crippen LogP) is 15.4. The topological polar surface area (TPSA) is 25.8 Å². The first kappa shape index (κ1) is 36.1. The van der Waals surface area contributed by atoms with Crippen LogP contribution in [0.25, 0.3) is 56.2 Å². The largest absolute Gasteiger partial charge is 0.172 e. The van der Waals surface area contributed by atoms with E-state index >= 15 is 0 Å². The fourth-order valence-electron chi connectivity index (χ4n) is 6.16. The lowest BCUT2D eigenvalue weighted by molar-refractivity contribution is 0.609. The van der Waals surface area contributed by atoms with Crippen LogP contribution in [0.4, 0.5) is 0 Å². The second kappa shape index (κ2) is 19.1. The van der Waals surface area contributed by atoms with Gasteiger partial charge in [0.15, 0.2) is 0 Å². The van der Waals surface area contributed by atoms with Gasteiger partial charge in [-0.3, -0.25) is 0 Å². The van der Waals surface area contributed by atoms with Gasteiger partial charge >= 0.3 is 0 Å². The number of aromatic nitrogens is 2. The molecule has 0 saturated carbocycles. The second-order valence-electron chi connectivity index (χ2n) is 12.8. The maximum Gasteiger partial charge on any atom is 0.114 e. The van der Waals surface area contributed by atoms with Gasteiger partial charge in [-0.2, -0.15) is 8.75 Å². The van der Waals surface area contributed by atoms with Crippen LogP contribution in [0, 0.1) is 0 Å². The van der Waals surface area contributed by atoms with E-state index in [2.05, 4.69) is 98.8 Å². The molecular weight excluding hydrogens is 693 g/mol. The molecule has 5 heterocycles. The van der Waals surface area contributed by atoms with Crippen molar-refractivity contribution in [1.29, 1.82) is 0 Å². The third kappa shape index (κ3) is 10.4. The summed E-state index contributed by atoms with van der Waals surface area (Å²) in [6.45, 7) is 4.56. The summed E-state index contributed by atoms with van der Waals surface area (Å²) in [4.78, 5) is 10.7. The van der Waals surface area contributed by atoms with Crippen LogP contribution in [0.3, 0.4) is 0 Å². The Labute approximate surface area is 313 Å². The van der Waals surface area contributed by atoms with Gasteiger partial charge in [0.25, 0.3) is 0 Å². The number of unbranched alkanes of at least 4 members (excludes halogenated alkanes) is 10. The van der Waals surface area contributed by atoms with Crippen molar-refractivity contribution in [2.24, 2.45) is 0 Å². The van der Waals surface area contributed by atoms with E-state index in [-0.39, 0.29) is 0 Å². The number of aryl methyl sites for hydroxylation is 2. The molecule has 2 nitrogen and oxygen atoms in total. The van der Waals surface area contributed by atoms with E-state index in [1.165, 1.54) is 152 Å². The van der Waals surface area contributed by atoms with E-state index in [1.54, 1.807) is 0 Å². The average Bonchev–Trinajstić information content (AvgIpc) is 3.97. The number of hydrogen-bond donors (Lipinski definition) is 0. The minimum absolute atomic E-state index is 0.999. The lowest BCUT2D eigenvalue weighted by Crippen LogP contribution is -1.82. The molecule has 7 heteroatoms. The van der Waals surface area contributed by atoms with Gasteiger partial charge in [-0.1, -0.05) is 90.2 Å². The van der Waals surface area contributed by atoms with Crippen molar-refractivity contribution in [2.75, 3.05) is 0 Å². The van der Waals surface area contributed by atoms with E-state index in [9.17, 15) is 0 Å². The number of thiophene rings is 4. The quantitative estimate of drug-likeness (QED) is 0.0728. The monoisotopic (exact) mass is 740 g/mol. The van der Waals surface area contributed by atoms with Crippen LogP contribution < -0.4 is 0 Å². The maximum absolute atomic E-state index is 4.77. The minimum atomic E-state index is 0.999. The van der Waals surface area contributed by atoms with Crippen molar-refractivity contribution in [2.45, 2.75) is 104 Å². The average molecular weight is 741 g/mol. The van der Waals surface area contributed by atoms with Crippen molar-refractivity contribution < 1.29 is 0 Å². The molecule has 0 aliphatic heterocycles. The summed E-state index contributed by atoms with van der Waals surface area (Å²) >= 11 is 8.82. The molecule has 0 unspecified atom stereocenters. The first-order valence-electron chi connectivity index (χ1n) is 18.2. The molecule has 256 valence electrons. The molecule has 0 radical (unpaired) electrons. The molecule has 0 atom stereocenters. The van der Waals surface area contributed by atoms with Gasteiger partial charge in [0, 0.05) is 50.1 Å². The highest BCUT2D eigenvalue weighted by Gasteiger charge is 2.16. The zero-order chi connectivity index (χ0) is 33.7. The van der Waals surface area contributed by atoms with Crippen molar-refractivity contribution in [3.05, 3.63) is 89.9 Å². The Morgan fingerprint density at radius 2 is 0.816 bits per heavy atom.